The van der Waals surface area contributed by atoms with Crippen LogP contribution in [0.5, 0.6) is 0 Å². The molecule has 4 atom stereocenters. The van der Waals surface area contributed by atoms with Crippen molar-refractivity contribution in [3.8, 4) is 0 Å². The number of imide groups is 1. The largest absolute Gasteiger partial charge is 0.360 e. The van der Waals surface area contributed by atoms with Gasteiger partial charge in [-0.1, -0.05) is 5.16 Å². The van der Waals surface area contributed by atoms with Gasteiger partial charge in [0.05, 0.1) is 11.8 Å². The lowest BCUT2D eigenvalue weighted by atomic mass is 9.81. The summed E-state index contributed by atoms with van der Waals surface area (Å²) in [5.74, 6) is 1.49. The summed E-state index contributed by atoms with van der Waals surface area (Å²) in [6, 6.07) is 1.65. The van der Waals surface area contributed by atoms with E-state index in [1.165, 1.54) is 4.90 Å². The molecule has 2 bridgehead atoms. The van der Waals surface area contributed by atoms with Gasteiger partial charge in [-0.3, -0.25) is 9.59 Å². The molecular formula is C13H14N2O3. The Bertz CT molecular complexity index is 522. The number of aromatic nitrogens is 1. The molecule has 5 nitrogen and oxygen atoms in total. The highest BCUT2D eigenvalue weighted by atomic mass is 16.5. The molecule has 0 N–H and O–H groups in total. The van der Waals surface area contributed by atoms with Crippen LogP contribution >= 0.6 is 0 Å². The van der Waals surface area contributed by atoms with Crippen LogP contribution in [0.4, 0.5) is 5.82 Å². The lowest BCUT2D eigenvalue weighted by Gasteiger charge is -2.19. The normalized spacial score (nSPS) is 37.7. The molecule has 2 saturated carbocycles. The average molecular weight is 246 g/mol. The lowest BCUT2D eigenvalue weighted by Crippen LogP contribution is -2.32. The summed E-state index contributed by atoms with van der Waals surface area (Å²) in [5.41, 5.74) is 0. The van der Waals surface area contributed by atoms with Crippen LogP contribution in [0.2, 0.25) is 0 Å². The SMILES string of the molecule is Cc1cc(N2C(=O)[C@@H]3[C@@H]4CC[C@@H](C4)[C@@H]3C2=O)no1. The van der Waals surface area contributed by atoms with Crippen LogP contribution < -0.4 is 4.90 Å². The molecule has 0 aromatic carbocycles. The average Bonchev–Trinajstić information content (AvgIpc) is 3.05. The van der Waals surface area contributed by atoms with Crippen molar-refractivity contribution in [2.24, 2.45) is 23.7 Å². The molecule has 2 aliphatic carbocycles. The van der Waals surface area contributed by atoms with Gasteiger partial charge in [0.1, 0.15) is 5.76 Å². The summed E-state index contributed by atoms with van der Waals surface area (Å²) < 4.78 is 4.97. The smallest absolute Gasteiger partial charge is 0.239 e. The molecule has 5 heteroatoms. The van der Waals surface area contributed by atoms with Crippen molar-refractivity contribution in [3.05, 3.63) is 11.8 Å². The molecular weight excluding hydrogens is 232 g/mol. The predicted octanol–water partition coefficient (Wildman–Crippen LogP) is 1.52. The van der Waals surface area contributed by atoms with E-state index in [9.17, 15) is 9.59 Å². The third-order valence-corrected chi connectivity index (χ3v) is 4.77. The zero-order chi connectivity index (χ0) is 12.4. The first-order chi connectivity index (χ1) is 8.66. The molecule has 3 fully saturated rings. The molecule has 3 aliphatic rings. The Morgan fingerprint density at radius 2 is 1.83 bits per heavy atom. The van der Waals surface area contributed by atoms with Crippen LogP contribution in [0, 0.1) is 30.6 Å². The number of carbonyl (C=O) groups excluding carboxylic acids is 2. The fraction of sp³-hybridized carbons (Fsp3) is 0.615. The van der Waals surface area contributed by atoms with E-state index < -0.39 is 0 Å². The first kappa shape index (κ1) is 10.3. The van der Waals surface area contributed by atoms with Crippen molar-refractivity contribution in [2.45, 2.75) is 26.2 Å². The van der Waals surface area contributed by atoms with Crippen LogP contribution in [-0.2, 0) is 9.59 Å². The van der Waals surface area contributed by atoms with Gasteiger partial charge in [-0.2, -0.15) is 0 Å². The highest BCUT2D eigenvalue weighted by Gasteiger charge is 2.61. The van der Waals surface area contributed by atoms with Gasteiger partial charge in [-0.15, -0.1) is 0 Å². The zero-order valence-electron chi connectivity index (χ0n) is 10.1. The van der Waals surface area contributed by atoms with Crippen LogP contribution in [-0.4, -0.2) is 17.0 Å². The minimum atomic E-state index is -0.0896. The molecule has 4 rings (SSSR count). The molecule has 1 aromatic heterocycles. The number of carbonyl (C=O) groups is 2. The molecule has 2 amide bonds. The first-order valence-corrected chi connectivity index (χ1v) is 6.48. The standard InChI is InChI=1S/C13H14N2O3/c1-6-4-9(14-18-6)15-12(16)10-7-2-3-8(5-7)11(10)13(15)17/h4,7-8,10-11H,2-3,5H2,1H3/t7-,8+,10-,11+. The fourth-order valence-electron chi connectivity index (χ4n) is 4.09. The number of hydrogen-bond donors (Lipinski definition) is 0. The number of hydrogen-bond acceptors (Lipinski definition) is 4. The first-order valence-electron chi connectivity index (χ1n) is 6.48. The number of rotatable bonds is 1. The van der Waals surface area contributed by atoms with E-state index in [-0.39, 0.29) is 23.7 Å². The number of fused-ring (bicyclic) bond motifs is 5. The van der Waals surface area contributed by atoms with Crippen molar-refractivity contribution >= 4 is 17.6 Å². The van der Waals surface area contributed by atoms with Gasteiger partial charge in [-0.05, 0) is 38.0 Å². The molecule has 1 saturated heterocycles. The fourth-order valence-corrected chi connectivity index (χ4v) is 4.09. The van der Waals surface area contributed by atoms with E-state index in [0.29, 0.717) is 23.4 Å². The predicted molar refractivity (Wildman–Crippen MR) is 61.5 cm³/mol. The van der Waals surface area contributed by atoms with Gasteiger partial charge >= 0.3 is 0 Å². The van der Waals surface area contributed by atoms with E-state index in [1.807, 2.05) is 0 Å². The second-order valence-corrected chi connectivity index (χ2v) is 5.69. The number of anilines is 1. The maximum absolute atomic E-state index is 12.4. The van der Waals surface area contributed by atoms with E-state index in [1.54, 1.807) is 13.0 Å². The maximum atomic E-state index is 12.4. The van der Waals surface area contributed by atoms with Gasteiger partial charge in [0.25, 0.3) is 0 Å². The molecule has 0 unspecified atom stereocenters. The van der Waals surface area contributed by atoms with Crippen LogP contribution in [0.15, 0.2) is 10.6 Å². The van der Waals surface area contributed by atoms with Gasteiger partial charge < -0.3 is 4.52 Å². The summed E-state index contributed by atoms with van der Waals surface area (Å²) in [6.45, 7) is 1.76. The Morgan fingerprint density at radius 1 is 1.22 bits per heavy atom. The van der Waals surface area contributed by atoms with E-state index >= 15 is 0 Å². The summed E-state index contributed by atoms with van der Waals surface area (Å²) in [4.78, 5) is 26.1. The summed E-state index contributed by atoms with van der Waals surface area (Å²) >= 11 is 0. The highest BCUT2D eigenvalue weighted by molar-refractivity contribution is 6.22. The van der Waals surface area contributed by atoms with Gasteiger partial charge in [0.15, 0.2) is 5.82 Å². The summed E-state index contributed by atoms with van der Waals surface area (Å²) in [7, 11) is 0. The molecule has 94 valence electrons. The van der Waals surface area contributed by atoms with Crippen LogP contribution in [0.25, 0.3) is 0 Å². The number of aryl methyl sites for hydroxylation is 1. The summed E-state index contributed by atoms with van der Waals surface area (Å²) in [5, 5.41) is 3.81. The Hall–Kier alpha value is -1.65. The molecule has 1 aromatic rings. The molecule has 18 heavy (non-hydrogen) atoms. The second kappa shape index (κ2) is 3.22. The minimum Gasteiger partial charge on any atom is -0.360 e. The molecule has 2 heterocycles. The maximum Gasteiger partial charge on any atom is 0.239 e. The Kier molecular flexibility index (Phi) is 1.84. The third kappa shape index (κ3) is 1.09. The molecule has 0 spiro atoms. The van der Waals surface area contributed by atoms with Gasteiger partial charge in [0.2, 0.25) is 11.8 Å². The van der Waals surface area contributed by atoms with Crippen LogP contribution in [0.1, 0.15) is 25.0 Å². The third-order valence-electron chi connectivity index (χ3n) is 4.77. The number of nitrogens with zero attached hydrogens (tertiary/aromatic N) is 2. The monoisotopic (exact) mass is 246 g/mol. The second-order valence-electron chi connectivity index (χ2n) is 5.69. The van der Waals surface area contributed by atoms with Crippen LogP contribution in [0.3, 0.4) is 0 Å². The highest BCUT2D eigenvalue weighted by Crippen LogP contribution is 2.56. The lowest BCUT2D eigenvalue weighted by molar-refractivity contribution is -0.123. The minimum absolute atomic E-state index is 0.0644. The van der Waals surface area contributed by atoms with Crippen molar-refractivity contribution in [2.75, 3.05) is 4.90 Å². The number of amides is 2. The van der Waals surface area contributed by atoms with Crippen molar-refractivity contribution in [1.29, 1.82) is 0 Å². The van der Waals surface area contributed by atoms with Crippen molar-refractivity contribution in [3.63, 3.8) is 0 Å². The molecule has 0 radical (unpaired) electrons. The van der Waals surface area contributed by atoms with E-state index in [4.69, 9.17) is 4.52 Å². The Balaban J connectivity index is 1.75. The summed E-state index contributed by atoms with van der Waals surface area (Å²) in [6.07, 6.45) is 3.24. The van der Waals surface area contributed by atoms with Crippen molar-refractivity contribution < 1.29 is 14.1 Å². The van der Waals surface area contributed by atoms with E-state index in [0.717, 1.165) is 19.3 Å². The molecule has 1 aliphatic heterocycles. The Labute approximate surface area is 104 Å². The van der Waals surface area contributed by atoms with Gasteiger partial charge in [0, 0.05) is 6.07 Å². The zero-order valence-corrected chi connectivity index (χ0v) is 10.1. The van der Waals surface area contributed by atoms with Gasteiger partial charge in [-0.25, -0.2) is 4.90 Å². The topological polar surface area (TPSA) is 63.4 Å². The van der Waals surface area contributed by atoms with E-state index in [2.05, 4.69) is 5.16 Å². The van der Waals surface area contributed by atoms with Crippen molar-refractivity contribution in [1.82, 2.24) is 5.16 Å². The Morgan fingerprint density at radius 3 is 2.33 bits per heavy atom. The quantitative estimate of drug-likeness (QED) is 0.705.